The van der Waals surface area contributed by atoms with Gasteiger partial charge >= 0.3 is 0 Å². The van der Waals surface area contributed by atoms with Gasteiger partial charge in [-0.3, -0.25) is 0 Å². The van der Waals surface area contributed by atoms with Crippen LogP contribution in [0, 0.1) is 24.1 Å². The third kappa shape index (κ3) is 2.90. The second-order valence-corrected chi connectivity index (χ2v) is 5.71. The van der Waals surface area contributed by atoms with Crippen LogP contribution in [0.2, 0.25) is 10.0 Å². The van der Waals surface area contributed by atoms with Gasteiger partial charge in [-0.05, 0) is 52.7 Å². The monoisotopic (exact) mass is 372 g/mol. The molecular weight excluding hydrogens is 366 g/mol. The topological polar surface area (TPSA) is 35.8 Å². The number of halogens is 4. The Labute approximate surface area is 134 Å². The molecule has 2 rings (SSSR count). The minimum Gasteiger partial charge on any atom is -0.352 e. The van der Waals surface area contributed by atoms with Gasteiger partial charge in [0.05, 0.1) is 26.4 Å². The first-order valence-electron chi connectivity index (χ1n) is 5.54. The Morgan fingerprint density at radius 2 is 1.90 bits per heavy atom. The highest BCUT2D eigenvalue weighted by molar-refractivity contribution is 9.10. The lowest BCUT2D eigenvalue weighted by molar-refractivity contribution is 0.624. The second-order valence-electron chi connectivity index (χ2n) is 4.11. The molecule has 0 heterocycles. The van der Waals surface area contributed by atoms with Gasteiger partial charge < -0.3 is 5.32 Å². The molecule has 0 saturated heterocycles. The van der Waals surface area contributed by atoms with Gasteiger partial charge in [-0.15, -0.1) is 0 Å². The molecule has 0 amide bonds. The van der Waals surface area contributed by atoms with E-state index in [9.17, 15) is 4.39 Å². The molecule has 20 heavy (non-hydrogen) atoms. The van der Waals surface area contributed by atoms with Crippen LogP contribution in [0.5, 0.6) is 0 Å². The maximum Gasteiger partial charge on any atom is 0.162 e. The lowest BCUT2D eigenvalue weighted by Gasteiger charge is -2.12. The predicted octanol–water partition coefficient (Wildman–Crippen LogP) is 5.82. The van der Waals surface area contributed by atoms with E-state index in [0.717, 1.165) is 5.56 Å². The fourth-order valence-electron chi connectivity index (χ4n) is 1.62. The lowest BCUT2D eigenvalue weighted by Crippen LogP contribution is -1.97. The Balaban J connectivity index is 2.44. The van der Waals surface area contributed by atoms with Crippen molar-refractivity contribution < 1.29 is 4.39 Å². The zero-order valence-electron chi connectivity index (χ0n) is 10.3. The van der Waals surface area contributed by atoms with Crippen molar-refractivity contribution >= 4 is 50.5 Å². The lowest BCUT2D eigenvalue weighted by atomic mass is 10.2. The predicted molar refractivity (Wildman–Crippen MR) is 83.3 cm³/mol. The van der Waals surface area contributed by atoms with Gasteiger partial charge in [0.25, 0.3) is 0 Å². The highest BCUT2D eigenvalue weighted by atomic mass is 79.9. The zero-order chi connectivity index (χ0) is 14.9. The molecule has 1 N–H and O–H groups in total. The fraction of sp³-hybridized carbons (Fsp3) is 0.0714. The third-order valence-corrected chi connectivity index (χ3v) is 4.22. The largest absolute Gasteiger partial charge is 0.352 e. The van der Waals surface area contributed by atoms with E-state index >= 15 is 0 Å². The van der Waals surface area contributed by atoms with Crippen molar-refractivity contribution in [2.75, 3.05) is 5.32 Å². The molecule has 0 aromatic heterocycles. The highest BCUT2D eigenvalue weighted by Crippen LogP contribution is 2.34. The van der Waals surface area contributed by atoms with Crippen LogP contribution in [-0.2, 0) is 0 Å². The van der Waals surface area contributed by atoms with Crippen molar-refractivity contribution in [1.82, 2.24) is 0 Å². The minimum atomic E-state index is -0.559. The zero-order valence-corrected chi connectivity index (χ0v) is 13.4. The number of nitrogens with zero attached hydrogens (tertiary/aromatic N) is 1. The summed E-state index contributed by atoms with van der Waals surface area (Å²) in [5, 5.41) is 12.7. The van der Waals surface area contributed by atoms with Gasteiger partial charge in [0.2, 0.25) is 0 Å². The van der Waals surface area contributed by atoms with Crippen LogP contribution in [0.3, 0.4) is 0 Å². The summed E-state index contributed by atoms with van der Waals surface area (Å²) in [4.78, 5) is 0. The minimum absolute atomic E-state index is 0.110. The standard InChI is InChI=1S/C14H8BrCl2FN2/c1-7-4-10(17)12(5-9(7)16)20-11-3-2-8(6-19)13(15)14(11)18/h2-5,20H,1H3. The number of nitrogens with one attached hydrogen (secondary N) is 1. The number of aryl methyl sites for hydroxylation is 1. The molecular formula is C14H8BrCl2FN2. The molecule has 0 aliphatic carbocycles. The smallest absolute Gasteiger partial charge is 0.162 e. The van der Waals surface area contributed by atoms with Crippen LogP contribution in [0.15, 0.2) is 28.7 Å². The van der Waals surface area contributed by atoms with Gasteiger partial charge in [-0.2, -0.15) is 5.26 Å². The molecule has 0 saturated carbocycles. The van der Waals surface area contributed by atoms with E-state index in [1.165, 1.54) is 12.1 Å². The Hall–Kier alpha value is -1.28. The van der Waals surface area contributed by atoms with Crippen molar-refractivity contribution in [3.05, 3.63) is 55.7 Å². The molecule has 0 radical (unpaired) electrons. The number of anilines is 2. The first-order valence-corrected chi connectivity index (χ1v) is 7.09. The van der Waals surface area contributed by atoms with E-state index in [0.29, 0.717) is 15.7 Å². The number of rotatable bonds is 2. The van der Waals surface area contributed by atoms with Crippen LogP contribution < -0.4 is 5.32 Å². The molecule has 0 atom stereocenters. The molecule has 2 nitrogen and oxygen atoms in total. The van der Waals surface area contributed by atoms with Crippen molar-refractivity contribution in [2.24, 2.45) is 0 Å². The first-order chi connectivity index (χ1) is 9.43. The van der Waals surface area contributed by atoms with Crippen LogP contribution in [-0.4, -0.2) is 0 Å². The Bertz CT molecular complexity index is 726. The summed E-state index contributed by atoms with van der Waals surface area (Å²) in [5.74, 6) is -0.559. The first kappa shape index (κ1) is 15.1. The van der Waals surface area contributed by atoms with Crippen molar-refractivity contribution in [3.8, 4) is 6.07 Å². The molecule has 2 aromatic carbocycles. The third-order valence-electron chi connectivity index (χ3n) is 2.72. The summed E-state index contributed by atoms with van der Waals surface area (Å²) >= 11 is 15.2. The summed E-state index contributed by atoms with van der Waals surface area (Å²) in [7, 11) is 0. The van der Waals surface area contributed by atoms with E-state index in [-0.39, 0.29) is 15.7 Å². The molecule has 6 heteroatoms. The second kappa shape index (κ2) is 6.01. The number of hydrogen-bond donors (Lipinski definition) is 1. The Morgan fingerprint density at radius 3 is 2.55 bits per heavy atom. The van der Waals surface area contributed by atoms with Crippen LogP contribution in [0.4, 0.5) is 15.8 Å². The normalized spacial score (nSPS) is 10.2. The summed E-state index contributed by atoms with van der Waals surface area (Å²) in [6.07, 6.45) is 0. The van der Waals surface area contributed by atoms with E-state index < -0.39 is 5.82 Å². The van der Waals surface area contributed by atoms with Crippen molar-refractivity contribution in [2.45, 2.75) is 6.92 Å². The van der Waals surface area contributed by atoms with Crippen LogP contribution in [0.1, 0.15) is 11.1 Å². The highest BCUT2D eigenvalue weighted by Gasteiger charge is 2.13. The quantitative estimate of drug-likeness (QED) is 0.719. The van der Waals surface area contributed by atoms with E-state index in [1.807, 2.05) is 13.0 Å². The van der Waals surface area contributed by atoms with Gasteiger partial charge in [0.15, 0.2) is 5.82 Å². The Kier molecular flexibility index (Phi) is 4.54. The average molecular weight is 374 g/mol. The van der Waals surface area contributed by atoms with Gasteiger partial charge in [-0.25, -0.2) is 4.39 Å². The van der Waals surface area contributed by atoms with E-state index in [2.05, 4.69) is 21.2 Å². The maximum atomic E-state index is 14.1. The van der Waals surface area contributed by atoms with Gasteiger partial charge in [-0.1, -0.05) is 23.2 Å². The van der Waals surface area contributed by atoms with Gasteiger partial charge in [0, 0.05) is 5.02 Å². The van der Waals surface area contributed by atoms with E-state index in [1.54, 1.807) is 12.1 Å². The SMILES string of the molecule is Cc1cc(Cl)c(Nc2ccc(C#N)c(Br)c2F)cc1Cl. The molecule has 0 bridgehead atoms. The maximum absolute atomic E-state index is 14.1. The van der Waals surface area contributed by atoms with Crippen molar-refractivity contribution in [3.63, 3.8) is 0 Å². The fourth-order valence-corrected chi connectivity index (χ4v) is 2.48. The molecule has 0 unspecified atom stereocenters. The number of nitriles is 1. The molecule has 0 spiro atoms. The number of hydrogen-bond acceptors (Lipinski definition) is 2. The van der Waals surface area contributed by atoms with Crippen LogP contribution >= 0.6 is 39.1 Å². The molecule has 0 aliphatic rings. The summed E-state index contributed by atoms with van der Waals surface area (Å²) in [5.41, 5.74) is 1.76. The Morgan fingerprint density at radius 1 is 1.20 bits per heavy atom. The van der Waals surface area contributed by atoms with Crippen molar-refractivity contribution in [1.29, 1.82) is 5.26 Å². The molecule has 102 valence electrons. The summed E-state index contributed by atoms with van der Waals surface area (Å²) in [6.45, 7) is 1.83. The van der Waals surface area contributed by atoms with Gasteiger partial charge in [0.1, 0.15) is 6.07 Å². The average Bonchev–Trinajstić information content (AvgIpc) is 2.41. The molecule has 2 aromatic rings. The van der Waals surface area contributed by atoms with E-state index in [4.69, 9.17) is 28.5 Å². The summed E-state index contributed by atoms with van der Waals surface area (Å²) < 4.78 is 14.2. The molecule has 0 aliphatic heterocycles. The summed E-state index contributed by atoms with van der Waals surface area (Å²) in [6, 6.07) is 8.21. The van der Waals surface area contributed by atoms with Crippen LogP contribution in [0.25, 0.3) is 0 Å². The molecule has 0 fully saturated rings. The number of benzene rings is 2.